The Morgan fingerprint density at radius 1 is 1.24 bits per heavy atom. The molecule has 2 N–H and O–H groups in total. The average Bonchev–Trinajstić information content (AvgIpc) is 2.85. The molecule has 0 radical (unpaired) electrons. The molecule has 0 bridgehead atoms. The minimum absolute atomic E-state index is 0.0119. The first kappa shape index (κ1) is 15.8. The fraction of sp³-hybridized carbons (Fsp3) is 0.647. The highest BCUT2D eigenvalue weighted by molar-refractivity contribution is 5.95. The molecule has 0 spiro atoms. The van der Waals surface area contributed by atoms with Crippen molar-refractivity contribution in [3.63, 3.8) is 0 Å². The summed E-state index contributed by atoms with van der Waals surface area (Å²) in [6, 6.07) is 3.68. The number of carbonyl (C=O) groups is 1. The lowest BCUT2D eigenvalue weighted by atomic mass is 10.0. The largest absolute Gasteiger partial charge is 0.373 e. The first-order valence-corrected chi connectivity index (χ1v) is 7.71. The van der Waals surface area contributed by atoms with Gasteiger partial charge in [-0.2, -0.15) is 0 Å². The van der Waals surface area contributed by atoms with Gasteiger partial charge in [0.25, 0.3) is 5.91 Å². The van der Waals surface area contributed by atoms with Gasteiger partial charge >= 0.3 is 0 Å². The predicted molar refractivity (Wildman–Crippen MR) is 86.5 cm³/mol. The summed E-state index contributed by atoms with van der Waals surface area (Å²) in [6.07, 6.45) is 0.818. The summed E-state index contributed by atoms with van der Waals surface area (Å²) < 4.78 is 0. The lowest BCUT2D eigenvalue weighted by Crippen LogP contribution is -2.27. The minimum Gasteiger partial charge on any atom is -0.373 e. The fourth-order valence-corrected chi connectivity index (χ4v) is 3.17. The molecule has 1 amide bonds. The number of aryl methyl sites for hydroxylation is 1. The molecule has 1 aromatic rings. The molecule has 1 fully saturated rings. The summed E-state index contributed by atoms with van der Waals surface area (Å²) in [6.45, 7) is 11.8. The predicted octanol–water partition coefficient (Wildman–Crippen LogP) is 3.10. The molecule has 1 heterocycles. The molecule has 0 atom stereocenters. The molecule has 1 saturated carbocycles. The quantitative estimate of drug-likeness (QED) is 0.876. The van der Waals surface area contributed by atoms with Crippen molar-refractivity contribution in [2.24, 2.45) is 16.7 Å². The van der Waals surface area contributed by atoms with E-state index in [4.69, 9.17) is 0 Å². The van der Waals surface area contributed by atoms with Crippen molar-refractivity contribution in [1.82, 2.24) is 10.3 Å². The van der Waals surface area contributed by atoms with Crippen LogP contribution in [0.1, 0.15) is 50.7 Å². The highest BCUT2D eigenvalue weighted by Crippen LogP contribution is 2.67. The summed E-state index contributed by atoms with van der Waals surface area (Å²) >= 11 is 0. The van der Waals surface area contributed by atoms with Gasteiger partial charge in [0.2, 0.25) is 0 Å². The highest BCUT2D eigenvalue weighted by atomic mass is 16.1. The van der Waals surface area contributed by atoms with E-state index in [-0.39, 0.29) is 5.91 Å². The summed E-state index contributed by atoms with van der Waals surface area (Å²) in [5.74, 6) is 1.26. The summed E-state index contributed by atoms with van der Waals surface area (Å²) in [5.41, 5.74) is 2.20. The third-order valence-electron chi connectivity index (χ3n) is 5.55. The zero-order valence-corrected chi connectivity index (χ0v) is 14.0. The number of hydrogen-bond acceptors (Lipinski definition) is 3. The second-order valence-corrected chi connectivity index (χ2v) is 7.04. The van der Waals surface area contributed by atoms with Crippen LogP contribution in [0.3, 0.4) is 0 Å². The van der Waals surface area contributed by atoms with E-state index in [0.717, 1.165) is 24.5 Å². The molecule has 21 heavy (non-hydrogen) atoms. The van der Waals surface area contributed by atoms with Crippen LogP contribution in [0.5, 0.6) is 0 Å². The van der Waals surface area contributed by atoms with Crippen molar-refractivity contribution >= 4 is 11.7 Å². The van der Waals surface area contributed by atoms with Crippen LogP contribution in [-0.2, 0) is 6.42 Å². The average molecular weight is 289 g/mol. The van der Waals surface area contributed by atoms with Crippen LogP contribution in [0.25, 0.3) is 0 Å². The Bertz CT molecular complexity index is 513. The van der Waals surface area contributed by atoms with Crippen molar-refractivity contribution in [2.45, 2.75) is 41.0 Å². The molecule has 4 nitrogen and oxygen atoms in total. The first-order chi connectivity index (χ1) is 9.73. The Hall–Kier alpha value is -1.58. The second kappa shape index (κ2) is 5.32. The highest BCUT2D eigenvalue weighted by Gasteiger charge is 2.64. The molecule has 0 unspecified atom stereocenters. The molecule has 4 heteroatoms. The molecular formula is C17H27N3O. The fourth-order valence-electron chi connectivity index (χ4n) is 3.17. The zero-order valence-electron chi connectivity index (χ0n) is 14.0. The number of pyridine rings is 1. The second-order valence-electron chi connectivity index (χ2n) is 7.04. The number of hydrogen-bond donors (Lipinski definition) is 2. The van der Waals surface area contributed by atoms with Gasteiger partial charge in [0.05, 0.1) is 0 Å². The third-order valence-corrected chi connectivity index (χ3v) is 5.55. The monoisotopic (exact) mass is 289 g/mol. The van der Waals surface area contributed by atoms with E-state index in [2.05, 4.69) is 43.3 Å². The lowest BCUT2D eigenvalue weighted by Gasteiger charge is -2.09. The van der Waals surface area contributed by atoms with Crippen LogP contribution in [0.4, 0.5) is 5.82 Å². The number of aromatic nitrogens is 1. The number of nitrogens with one attached hydrogen (secondary N) is 2. The van der Waals surface area contributed by atoms with Gasteiger partial charge in [-0.3, -0.25) is 4.79 Å². The van der Waals surface area contributed by atoms with Crippen molar-refractivity contribution in [3.05, 3.63) is 23.4 Å². The SMILES string of the molecule is CCc1cc(C(=O)NCC2C(C)(C)C2(C)C)cc(NC)n1. The number of anilines is 1. The number of nitrogens with zero attached hydrogens (tertiary/aromatic N) is 1. The molecule has 0 saturated heterocycles. The van der Waals surface area contributed by atoms with E-state index in [1.165, 1.54) is 0 Å². The first-order valence-electron chi connectivity index (χ1n) is 7.71. The number of amides is 1. The van der Waals surface area contributed by atoms with E-state index >= 15 is 0 Å². The molecular weight excluding hydrogens is 262 g/mol. The molecule has 2 rings (SSSR count). The smallest absolute Gasteiger partial charge is 0.251 e. The Morgan fingerprint density at radius 3 is 2.33 bits per heavy atom. The maximum Gasteiger partial charge on any atom is 0.251 e. The van der Waals surface area contributed by atoms with Gasteiger partial charge in [0, 0.05) is 24.8 Å². The van der Waals surface area contributed by atoms with Crippen LogP contribution in [-0.4, -0.2) is 24.5 Å². The van der Waals surface area contributed by atoms with Gasteiger partial charge in [-0.15, -0.1) is 0 Å². The van der Waals surface area contributed by atoms with E-state index in [9.17, 15) is 4.79 Å². The molecule has 1 aromatic heterocycles. The molecule has 116 valence electrons. The third kappa shape index (κ3) is 2.76. The van der Waals surface area contributed by atoms with Crippen molar-refractivity contribution in [3.8, 4) is 0 Å². The van der Waals surface area contributed by atoms with Crippen LogP contribution < -0.4 is 10.6 Å². The minimum atomic E-state index is -0.0119. The Kier molecular flexibility index (Phi) is 4.00. The van der Waals surface area contributed by atoms with E-state index in [1.807, 2.05) is 20.0 Å². The number of rotatable bonds is 5. The normalized spacial score (nSPS) is 19.1. The Labute approximate surface area is 127 Å². The van der Waals surface area contributed by atoms with Crippen molar-refractivity contribution in [2.75, 3.05) is 18.9 Å². The van der Waals surface area contributed by atoms with Crippen LogP contribution in [0, 0.1) is 16.7 Å². The Morgan fingerprint density at radius 2 is 1.86 bits per heavy atom. The van der Waals surface area contributed by atoms with Crippen molar-refractivity contribution in [1.29, 1.82) is 0 Å². The van der Waals surface area contributed by atoms with Gasteiger partial charge in [0.1, 0.15) is 5.82 Å². The van der Waals surface area contributed by atoms with Crippen LogP contribution in [0.15, 0.2) is 12.1 Å². The number of carbonyl (C=O) groups excluding carboxylic acids is 1. The van der Waals surface area contributed by atoms with Crippen LogP contribution >= 0.6 is 0 Å². The van der Waals surface area contributed by atoms with E-state index < -0.39 is 0 Å². The molecule has 0 aliphatic heterocycles. The van der Waals surface area contributed by atoms with E-state index in [0.29, 0.717) is 22.3 Å². The summed E-state index contributed by atoms with van der Waals surface area (Å²) in [5, 5.41) is 6.09. The lowest BCUT2D eigenvalue weighted by molar-refractivity contribution is 0.0949. The summed E-state index contributed by atoms with van der Waals surface area (Å²) in [4.78, 5) is 16.8. The maximum atomic E-state index is 12.4. The van der Waals surface area contributed by atoms with Crippen LogP contribution in [0.2, 0.25) is 0 Å². The zero-order chi connectivity index (χ0) is 15.8. The van der Waals surface area contributed by atoms with E-state index in [1.54, 1.807) is 6.07 Å². The summed E-state index contributed by atoms with van der Waals surface area (Å²) in [7, 11) is 1.82. The molecule has 1 aliphatic rings. The van der Waals surface area contributed by atoms with Gasteiger partial charge in [-0.05, 0) is 35.3 Å². The van der Waals surface area contributed by atoms with Gasteiger partial charge < -0.3 is 10.6 Å². The standard InChI is InChI=1S/C17H27N3O/c1-7-12-8-11(9-14(18-6)20-12)15(21)19-10-13-16(2,3)17(13,4)5/h8-9,13H,7,10H2,1-6H3,(H,18,20)(H,19,21). The molecule has 0 aromatic carbocycles. The van der Waals surface area contributed by atoms with Gasteiger partial charge in [-0.25, -0.2) is 4.98 Å². The Balaban J connectivity index is 2.05. The van der Waals surface area contributed by atoms with Crippen molar-refractivity contribution < 1.29 is 4.79 Å². The maximum absolute atomic E-state index is 12.4. The van der Waals surface area contributed by atoms with Gasteiger partial charge in [0.15, 0.2) is 0 Å². The molecule has 1 aliphatic carbocycles. The van der Waals surface area contributed by atoms with Gasteiger partial charge in [-0.1, -0.05) is 34.6 Å². The topological polar surface area (TPSA) is 54.0 Å².